The number of allylic oxidation sites excluding steroid dienone is 2. The number of hydrogen-bond donors (Lipinski definition) is 4. The molecule has 3 unspecified atom stereocenters. The summed E-state index contributed by atoms with van der Waals surface area (Å²) < 4.78 is 0. The highest BCUT2D eigenvalue weighted by atomic mass is 16.3. The van der Waals surface area contributed by atoms with Gasteiger partial charge in [0.05, 0.1) is 25.4 Å². The maximum Gasteiger partial charge on any atom is 0.0889 e. The maximum atomic E-state index is 10.8. The summed E-state index contributed by atoms with van der Waals surface area (Å²) in [5.74, 6) is 0. The summed E-state index contributed by atoms with van der Waals surface area (Å²) in [4.78, 5) is 0. The quantitative estimate of drug-likeness (QED) is 0.394. The summed E-state index contributed by atoms with van der Waals surface area (Å²) in [5, 5.41) is 41.2. The van der Waals surface area contributed by atoms with Crippen LogP contribution in [-0.2, 0) is 0 Å². The molecule has 0 amide bonds. The van der Waals surface area contributed by atoms with Crippen molar-refractivity contribution in [2.75, 3.05) is 13.2 Å². The molecule has 0 spiro atoms. The van der Waals surface area contributed by atoms with E-state index in [9.17, 15) is 20.4 Å². The van der Waals surface area contributed by atoms with Gasteiger partial charge in [0, 0.05) is 10.8 Å². The van der Waals surface area contributed by atoms with Crippen LogP contribution in [0.2, 0.25) is 0 Å². The van der Waals surface area contributed by atoms with Crippen molar-refractivity contribution >= 4 is 0 Å². The fraction of sp³-hybridized carbons (Fsp3) is 0.778. The summed E-state index contributed by atoms with van der Waals surface area (Å²) >= 11 is 0. The highest BCUT2D eigenvalue weighted by Gasteiger charge is 2.47. The lowest BCUT2D eigenvalue weighted by atomic mass is 9.66. The molecule has 0 aliphatic rings. The normalized spacial score (nSPS) is 17.5. The van der Waals surface area contributed by atoms with E-state index in [0.29, 0.717) is 25.7 Å². The van der Waals surface area contributed by atoms with E-state index < -0.39 is 23.0 Å². The van der Waals surface area contributed by atoms with Gasteiger partial charge in [-0.05, 0) is 25.7 Å². The Morgan fingerprint density at radius 2 is 1.36 bits per heavy atom. The molecule has 0 bridgehead atoms. The Balaban J connectivity index is 5.51. The van der Waals surface area contributed by atoms with Crippen LogP contribution in [-0.4, -0.2) is 45.8 Å². The number of unbranched alkanes of at least 4 members (excludes halogenated alkanes) is 1. The number of aliphatic hydroxyl groups excluding tert-OH is 4. The third-order valence-electron chi connectivity index (χ3n) is 5.02. The van der Waals surface area contributed by atoms with Crippen molar-refractivity contribution in [2.24, 2.45) is 10.8 Å². The SMILES string of the molecule is C=CCC(CO)(CC=C)C(O)C(O)C(CC)(CO)CCCC. The van der Waals surface area contributed by atoms with Gasteiger partial charge < -0.3 is 20.4 Å². The van der Waals surface area contributed by atoms with Crippen molar-refractivity contribution in [3.8, 4) is 0 Å². The van der Waals surface area contributed by atoms with E-state index in [-0.39, 0.29) is 13.2 Å². The number of aliphatic hydroxyl groups is 4. The third kappa shape index (κ3) is 4.66. The predicted molar refractivity (Wildman–Crippen MR) is 90.5 cm³/mol. The second kappa shape index (κ2) is 10.2. The first-order valence-electron chi connectivity index (χ1n) is 8.23. The molecule has 0 aromatic rings. The first-order chi connectivity index (χ1) is 10.4. The molecular formula is C18H34O4. The van der Waals surface area contributed by atoms with Crippen LogP contribution in [0, 0.1) is 10.8 Å². The molecule has 0 saturated heterocycles. The van der Waals surface area contributed by atoms with E-state index in [1.165, 1.54) is 0 Å². The van der Waals surface area contributed by atoms with Crippen molar-refractivity contribution < 1.29 is 20.4 Å². The molecule has 130 valence electrons. The van der Waals surface area contributed by atoms with E-state index in [0.717, 1.165) is 12.8 Å². The smallest absolute Gasteiger partial charge is 0.0889 e. The molecule has 3 atom stereocenters. The summed E-state index contributed by atoms with van der Waals surface area (Å²) in [7, 11) is 0. The molecule has 4 N–H and O–H groups in total. The third-order valence-corrected chi connectivity index (χ3v) is 5.02. The monoisotopic (exact) mass is 314 g/mol. The van der Waals surface area contributed by atoms with Gasteiger partial charge in [0.15, 0.2) is 0 Å². The lowest BCUT2D eigenvalue weighted by Crippen LogP contribution is -2.54. The molecule has 0 rings (SSSR count). The Labute approximate surface area is 135 Å². The maximum absolute atomic E-state index is 10.8. The van der Waals surface area contributed by atoms with E-state index in [2.05, 4.69) is 13.2 Å². The minimum absolute atomic E-state index is 0.189. The molecule has 4 nitrogen and oxygen atoms in total. The molecule has 0 saturated carbocycles. The van der Waals surface area contributed by atoms with Crippen LogP contribution in [0.1, 0.15) is 52.4 Å². The van der Waals surface area contributed by atoms with Crippen LogP contribution < -0.4 is 0 Å². The summed E-state index contributed by atoms with van der Waals surface area (Å²) in [6.45, 7) is 10.9. The topological polar surface area (TPSA) is 80.9 Å². The summed E-state index contributed by atoms with van der Waals surface area (Å²) in [6, 6.07) is 0. The van der Waals surface area contributed by atoms with Gasteiger partial charge in [-0.25, -0.2) is 0 Å². The van der Waals surface area contributed by atoms with Crippen molar-refractivity contribution in [3.05, 3.63) is 25.3 Å². The molecule has 22 heavy (non-hydrogen) atoms. The van der Waals surface area contributed by atoms with Crippen molar-refractivity contribution in [1.29, 1.82) is 0 Å². The first-order valence-corrected chi connectivity index (χ1v) is 8.23. The molecule has 4 heteroatoms. The molecule has 0 aliphatic heterocycles. The van der Waals surface area contributed by atoms with Crippen LogP contribution >= 0.6 is 0 Å². The van der Waals surface area contributed by atoms with E-state index in [1.807, 2.05) is 13.8 Å². The first kappa shape index (κ1) is 21.3. The van der Waals surface area contributed by atoms with Gasteiger partial charge in [0.25, 0.3) is 0 Å². The van der Waals surface area contributed by atoms with E-state index in [1.54, 1.807) is 12.2 Å². The van der Waals surface area contributed by atoms with Crippen LogP contribution in [0.3, 0.4) is 0 Å². The van der Waals surface area contributed by atoms with Gasteiger partial charge in [-0.2, -0.15) is 0 Å². The average molecular weight is 314 g/mol. The highest BCUT2D eigenvalue weighted by Crippen LogP contribution is 2.41. The Morgan fingerprint density at radius 3 is 1.68 bits per heavy atom. The largest absolute Gasteiger partial charge is 0.396 e. The van der Waals surface area contributed by atoms with E-state index in [4.69, 9.17) is 0 Å². The Bertz CT molecular complexity index is 313. The second-order valence-corrected chi connectivity index (χ2v) is 6.37. The van der Waals surface area contributed by atoms with Crippen LogP contribution in [0.25, 0.3) is 0 Å². The fourth-order valence-corrected chi connectivity index (χ4v) is 3.14. The van der Waals surface area contributed by atoms with Crippen LogP contribution in [0.4, 0.5) is 0 Å². The molecule has 0 heterocycles. The Morgan fingerprint density at radius 1 is 0.909 bits per heavy atom. The minimum atomic E-state index is -1.16. The minimum Gasteiger partial charge on any atom is -0.396 e. The molecule has 0 aromatic carbocycles. The molecule has 0 radical (unpaired) electrons. The number of hydrogen-bond acceptors (Lipinski definition) is 4. The zero-order valence-corrected chi connectivity index (χ0v) is 14.2. The second-order valence-electron chi connectivity index (χ2n) is 6.37. The summed E-state index contributed by atoms with van der Waals surface area (Å²) in [5.41, 5.74) is -1.66. The number of rotatable bonds is 13. The van der Waals surface area contributed by atoms with Gasteiger partial charge in [-0.3, -0.25) is 0 Å². The standard InChI is InChI=1S/C18H34O4/c1-5-9-12-17(8-4,13-19)15(21)16(22)18(14-20,10-6-2)11-7-3/h6-7,15-16,19-22H,2-3,5,8-14H2,1,4H3. The zero-order valence-electron chi connectivity index (χ0n) is 14.2. The van der Waals surface area contributed by atoms with Gasteiger partial charge in [0.2, 0.25) is 0 Å². The molecule has 0 fully saturated rings. The molecular weight excluding hydrogens is 280 g/mol. The van der Waals surface area contributed by atoms with Crippen molar-refractivity contribution in [1.82, 2.24) is 0 Å². The van der Waals surface area contributed by atoms with Gasteiger partial charge >= 0.3 is 0 Å². The van der Waals surface area contributed by atoms with Crippen LogP contribution in [0.5, 0.6) is 0 Å². The fourth-order valence-electron chi connectivity index (χ4n) is 3.14. The summed E-state index contributed by atoms with van der Waals surface area (Å²) in [6.07, 6.45) is 4.76. The average Bonchev–Trinajstić information content (AvgIpc) is 2.55. The van der Waals surface area contributed by atoms with E-state index >= 15 is 0 Å². The van der Waals surface area contributed by atoms with Gasteiger partial charge in [-0.15, -0.1) is 13.2 Å². The predicted octanol–water partition coefficient (Wildman–Crippen LogP) is 2.42. The Kier molecular flexibility index (Phi) is 9.85. The lowest BCUT2D eigenvalue weighted by molar-refractivity contribution is -0.147. The zero-order chi connectivity index (χ0) is 17.2. The van der Waals surface area contributed by atoms with Crippen molar-refractivity contribution in [3.63, 3.8) is 0 Å². The molecule has 0 aliphatic carbocycles. The molecule has 0 aromatic heterocycles. The van der Waals surface area contributed by atoms with Gasteiger partial charge in [-0.1, -0.05) is 38.8 Å². The highest BCUT2D eigenvalue weighted by molar-refractivity contribution is 5.02. The lowest BCUT2D eigenvalue weighted by Gasteiger charge is -2.45. The Hall–Kier alpha value is -0.680. The van der Waals surface area contributed by atoms with Gasteiger partial charge in [0.1, 0.15) is 0 Å². The van der Waals surface area contributed by atoms with Crippen LogP contribution in [0.15, 0.2) is 25.3 Å². The van der Waals surface area contributed by atoms with Crippen molar-refractivity contribution in [2.45, 2.75) is 64.6 Å².